The lowest BCUT2D eigenvalue weighted by Gasteiger charge is -1.78. The number of aromatic nitrogens is 2. The monoisotopic (exact) mass is 115 g/mol. The first-order valence-electron chi connectivity index (χ1n) is 1.82. The molecule has 7 heavy (non-hydrogen) atoms. The van der Waals surface area contributed by atoms with E-state index in [1.54, 1.807) is 18.5 Å². The highest BCUT2D eigenvalue weighted by Crippen LogP contribution is 1.92. The van der Waals surface area contributed by atoms with E-state index in [0.29, 0.717) is 5.28 Å². The van der Waals surface area contributed by atoms with E-state index in [9.17, 15) is 0 Å². The summed E-state index contributed by atoms with van der Waals surface area (Å²) in [7, 11) is 0. The van der Waals surface area contributed by atoms with E-state index in [2.05, 4.69) is 9.97 Å². The van der Waals surface area contributed by atoms with Crippen LogP contribution >= 0.6 is 11.6 Å². The molecule has 0 aliphatic heterocycles. The van der Waals surface area contributed by atoms with E-state index in [-0.39, 0.29) is 0 Å². The van der Waals surface area contributed by atoms with Gasteiger partial charge < -0.3 is 0 Å². The van der Waals surface area contributed by atoms with Crippen molar-refractivity contribution in [3.63, 3.8) is 0 Å². The summed E-state index contributed by atoms with van der Waals surface area (Å²) in [6.07, 6.45) is 3.19. The van der Waals surface area contributed by atoms with Crippen LogP contribution in [0.1, 0.15) is 0 Å². The van der Waals surface area contributed by atoms with Gasteiger partial charge in [-0.3, -0.25) is 0 Å². The van der Waals surface area contributed by atoms with E-state index in [1.807, 2.05) is 0 Å². The van der Waals surface area contributed by atoms with Gasteiger partial charge in [0, 0.05) is 12.4 Å². The normalized spacial score (nSPS) is 8.71. The Bertz CT molecular complexity index is 140. The SMILES string of the molecule is Clc1nccc[15n]1. The van der Waals surface area contributed by atoms with Crippen LogP contribution in [0.25, 0.3) is 0 Å². The first-order chi connectivity index (χ1) is 3.39. The van der Waals surface area contributed by atoms with Gasteiger partial charge in [0.2, 0.25) is 5.28 Å². The third-order valence-corrected chi connectivity index (χ3v) is 0.729. The molecule has 0 radical (unpaired) electrons. The maximum atomic E-state index is 5.32. The van der Waals surface area contributed by atoms with Crippen LogP contribution in [-0.4, -0.2) is 9.97 Å². The minimum absolute atomic E-state index is 0.294. The molecule has 0 saturated carbocycles. The summed E-state index contributed by atoms with van der Waals surface area (Å²) in [5, 5.41) is 0.294. The van der Waals surface area contributed by atoms with E-state index in [1.165, 1.54) is 0 Å². The topological polar surface area (TPSA) is 25.8 Å². The minimum atomic E-state index is 0.294. The lowest BCUT2D eigenvalue weighted by atomic mass is 10.7. The lowest BCUT2D eigenvalue weighted by Crippen LogP contribution is -1.73. The van der Waals surface area contributed by atoms with Crippen molar-refractivity contribution in [1.82, 2.24) is 9.97 Å². The van der Waals surface area contributed by atoms with Crippen molar-refractivity contribution in [3.8, 4) is 0 Å². The van der Waals surface area contributed by atoms with E-state index >= 15 is 0 Å². The summed E-state index contributed by atoms with van der Waals surface area (Å²) < 4.78 is 0. The fourth-order valence-electron chi connectivity index (χ4n) is 0.281. The van der Waals surface area contributed by atoms with Crippen LogP contribution in [0.3, 0.4) is 0 Å². The zero-order valence-corrected chi connectivity index (χ0v) is 4.26. The molecule has 1 heterocycles. The molecule has 3 heteroatoms. The number of rotatable bonds is 0. The van der Waals surface area contributed by atoms with Gasteiger partial charge >= 0.3 is 0 Å². The smallest absolute Gasteiger partial charge is 0.222 e. The van der Waals surface area contributed by atoms with E-state index in [4.69, 9.17) is 11.6 Å². The quantitative estimate of drug-likeness (QED) is 0.474. The summed E-state index contributed by atoms with van der Waals surface area (Å²) in [4.78, 5) is 7.27. The van der Waals surface area contributed by atoms with E-state index < -0.39 is 0 Å². The number of halogens is 1. The third-order valence-electron chi connectivity index (χ3n) is 0.534. The van der Waals surface area contributed by atoms with Gasteiger partial charge in [0.1, 0.15) is 0 Å². The van der Waals surface area contributed by atoms with Crippen molar-refractivity contribution < 1.29 is 0 Å². The van der Waals surface area contributed by atoms with Crippen LogP contribution in [0.15, 0.2) is 18.5 Å². The Balaban J connectivity index is 3.02. The first-order valence-corrected chi connectivity index (χ1v) is 2.20. The Morgan fingerprint density at radius 3 is 2.14 bits per heavy atom. The molecule has 0 N–H and O–H groups in total. The second-order valence-corrected chi connectivity index (χ2v) is 1.36. The largest absolute Gasteiger partial charge is 0.227 e. The van der Waals surface area contributed by atoms with Crippen molar-refractivity contribution in [3.05, 3.63) is 23.7 Å². The molecule has 0 atom stereocenters. The van der Waals surface area contributed by atoms with Gasteiger partial charge in [-0.2, -0.15) is 0 Å². The fourth-order valence-corrected chi connectivity index (χ4v) is 0.394. The molecular weight excluding hydrogens is 113 g/mol. The molecule has 1 aromatic rings. The predicted molar refractivity (Wildman–Crippen MR) is 27.0 cm³/mol. The van der Waals surface area contributed by atoms with Crippen LogP contribution in [0, 0.1) is 0 Å². The van der Waals surface area contributed by atoms with Crippen molar-refractivity contribution >= 4 is 11.6 Å². The minimum Gasteiger partial charge on any atom is -0.227 e. The average molecular weight is 116 g/mol. The van der Waals surface area contributed by atoms with Crippen molar-refractivity contribution in [2.24, 2.45) is 0 Å². The highest BCUT2D eigenvalue weighted by Gasteiger charge is 1.78. The second-order valence-electron chi connectivity index (χ2n) is 1.02. The third kappa shape index (κ3) is 1.12. The summed E-state index contributed by atoms with van der Waals surface area (Å²) in [5.74, 6) is 0. The molecule has 0 aliphatic rings. The van der Waals surface area contributed by atoms with Gasteiger partial charge in [0.05, 0.1) is 0 Å². The molecule has 0 amide bonds. The van der Waals surface area contributed by atoms with Crippen LogP contribution < -0.4 is 0 Å². The summed E-state index contributed by atoms with van der Waals surface area (Å²) >= 11 is 5.32. The van der Waals surface area contributed by atoms with Gasteiger partial charge in [0.25, 0.3) is 0 Å². The molecule has 2 nitrogen and oxygen atoms in total. The zero-order valence-electron chi connectivity index (χ0n) is 3.50. The van der Waals surface area contributed by atoms with Crippen LogP contribution in [-0.2, 0) is 0 Å². The van der Waals surface area contributed by atoms with Crippen molar-refractivity contribution in [2.45, 2.75) is 0 Å². The standard InChI is InChI=1S/C4H3ClN2/c5-4-6-2-1-3-7-4/h1-3H/i6+1. The molecule has 0 saturated heterocycles. The molecule has 0 aliphatic carbocycles. The maximum absolute atomic E-state index is 5.32. The fraction of sp³-hybridized carbons (Fsp3) is 0. The van der Waals surface area contributed by atoms with Gasteiger partial charge in [-0.25, -0.2) is 9.97 Å². The van der Waals surface area contributed by atoms with Gasteiger partial charge in [-0.15, -0.1) is 0 Å². The van der Waals surface area contributed by atoms with Crippen molar-refractivity contribution in [1.29, 1.82) is 0 Å². The Morgan fingerprint density at radius 1 is 1.29 bits per heavy atom. The lowest BCUT2D eigenvalue weighted by molar-refractivity contribution is 1.17. The Kier molecular flexibility index (Phi) is 1.22. The number of hydrogen-bond acceptors (Lipinski definition) is 2. The average Bonchev–Trinajstić information content (AvgIpc) is 1.69. The van der Waals surface area contributed by atoms with E-state index in [0.717, 1.165) is 0 Å². The maximum Gasteiger partial charge on any atom is 0.222 e. The summed E-state index contributed by atoms with van der Waals surface area (Å²) in [5.41, 5.74) is 0. The molecule has 0 bridgehead atoms. The number of nitrogens with zero attached hydrogens (tertiary/aromatic N) is 2. The molecular formula is C4H3ClN2. The Hall–Kier alpha value is -0.630. The van der Waals surface area contributed by atoms with Crippen molar-refractivity contribution in [2.75, 3.05) is 0 Å². The van der Waals surface area contributed by atoms with Gasteiger partial charge in [0.15, 0.2) is 0 Å². The first kappa shape index (κ1) is 4.53. The molecule has 0 aromatic carbocycles. The molecule has 1 rings (SSSR count). The highest BCUT2D eigenvalue weighted by molar-refractivity contribution is 6.28. The van der Waals surface area contributed by atoms with Crippen LogP contribution in [0.5, 0.6) is 0 Å². The van der Waals surface area contributed by atoms with Gasteiger partial charge in [-0.05, 0) is 17.7 Å². The Morgan fingerprint density at radius 2 is 1.86 bits per heavy atom. The highest BCUT2D eigenvalue weighted by atomic mass is 35.5. The van der Waals surface area contributed by atoms with Gasteiger partial charge in [-0.1, -0.05) is 0 Å². The van der Waals surface area contributed by atoms with Crippen LogP contribution in [0.2, 0.25) is 5.28 Å². The molecule has 0 unspecified atom stereocenters. The summed E-state index contributed by atoms with van der Waals surface area (Å²) in [6.45, 7) is 0. The number of hydrogen-bond donors (Lipinski definition) is 0. The summed E-state index contributed by atoms with van der Waals surface area (Å²) in [6, 6.07) is 1.71. The molecule has 36 valence electrons. The predicted octanol–water partition coefficient (Wildman–Crippen LogP) is 1.13. The Labute approximate surface area is 46.2 Å². The molecule has 0 fully saturated rings. The second kappa shape index (κ2) is 1.89. The molecule has 1 aromatic heterocycles. The zero-order chi connectivity index (χ0) is 5.11. The van der Waals surface area contributed by atoms with Crippen LogP contribution in [0.4, 0.5) is 0 Å². The molecule has 0 spiro atoms.